The Labute approximate surface area is 94.4 Å². The summed E-state index contributed by atoms with van der Waals surface area (Å²) in [5.41, 5.74) is -0.0307. The Balaban J connectivity index is 2.24. The van der Waals surface area contributed by atoms with Crippen molar-refractivity contribution < 1.29 is 9.59 Å². The molecule has 2 aliphatic heterocycles. The topological polar surface area (TPSA) is 46.2 Å². The number of carbonyl (C=O) groups excluding carboxylic acids is 2. The molecule has 2 rings (SSSR count). The molecule has 2 aliphatic rings. The first-order chi connectivity index (χ1) is 7.18. The zero-order chi connectivity index (χ0) is 10.9. The fraction of sp³-hybridized carbons (Fsp3) is 0.818. The number of hydrogen-bond acceptors (Lipinski definition) is 3. The zero-order valence-electron chi connectivity index (χ0n) is 9.04. The van der Waals surface area contributed by atoms with Crippen molar-refractivity contribution in [3.63, 3.8) is 0 Å². The predicted molar refractivity (Wildman–Crippen MR) is 60.5 cm³/mol. The van der Waals surface area contributed by atoms with Gasteiger partial charge in [0.05, 0.1) is 0 Å². The third-order valence-corrected chi connectivity index (χ3v) is 4.95. The lowest BCUT2D eigenvalue weighted by atomic mass is 9.67. The van der Waals surface area contributed by atoms with Crippen molar-refractivity contribution in [2.75, 3.05) is 11.5 Å². The van der Waals surface area contributed by atoms with Gasteiger partial charge in [-0.1, -0.05) is 6.92 Å². The van der Waals surface area contributed by atoms with E-state index in [0.29, 0.717) is 6.42 Å². The van der Waals surface area contributed by atoms with Crippen molar-refractivity contribution in [3.05, 3.63) is 0 Å². The standard InChI is InChI=1S/C11H17NO2S/c1-2-8-10(14)12-9(13)6-11(8)4-3-5-15-7-11/h8H,2-7H2,1H3,(H,12,13,14). The number of rotatable bonds is 1. The molecule has 2 saturated heterocycles. The highest BCUT2D eigenvalue weighted by Crippen LogP contribution is 2.46. The maximum atomic E-state index is 11.8. The van der Waals surface area contributed by atoms with Crippen molar-refractivity contribution in [2.45, 2.75) is 32.6 Å². The molecule has 2 unspecified atom stereocenters. The van der Waals surface area contributed by atoms with Crippen molar-refractivity contribution in [1.29, 1.82) is 0 Å². The Morgan fingerprint density at radius 3 is 2.93 bits per heavy atom. The van der Waals surface area contributed by atoms with E-state index in [1.54, 1.807) is 0 Å². The lowest BCUT2D eigenvalue weighted by Crippen LogP contribution is -2.53. The van der Waals surface area contributed by atoms with E-state index < -0.39 is 0 Å². The maximum absolute atomic E-state index is 11.8. The van der Waals surface area contributed by atoms with Gasteiger partial charge in [-0.25, -0.2) is 0 Å². The molecule has 3 nitrogen and oxygen atoms in total. The molecule has 1 spiro atoms. The van der Waals surface area contributed by atoms with Crippen molar-refractivity contribution in [2.24, 2.45) is 11.3 Å². The van der Waals surface area contributed by atoms with Gasteiger partial charge in [-0.05, 0) is 30.4 Å². The molecule has 2 heterocycles. The second-order valence-electron chi connectivity index (χ2n) is 4.57. The van der Waals surface area contributed by atoms with Gasteiger partial charge in [-0.2, -0.15) is 11.8 Å². The molecule has 84 valence electrons. The molecule has 0 aromatic carbocycles. The van der Waals surface area contributed by atoms with Gasteiger partial charge in [0.1, 0.15) is 0 Å². The third kappa shape index (κ3) is 1.92. The summed E-state index contributed by atoms with van der Waals surface area (Å²) < 4.78 is 0. The van der Waals surface area contributed by atoms with Crippen LogP contribution >= 0.6 is 11.8 Å². The number of amides is 2. The highest BCUT2D eigenvalue weighted by Gasteiger charge is 2.47. The molecule has 2 amide bonds. The first-order valence-electron chi connectivity index (χ1n) is 5.59. The van der Waals surface area contributed by atoms with Crippen LogP contribution in [-0.2, 0) is 9.59 Å². The van der Waals surface area contributed by atoms with Crippen LogP contribution in [0, 0.1) is 11.3 Å². The summed E-state index contributed by atoms with van der Waals surface area (Å²) in [6.45, 7) is 2.04. The summed E-state index contributed by atoms with van der Waals surface area (Å²) in [6.07, 6.45) is 3.57. The van der Waals surface area contributed by atoms with E-state index >= 15 is 0 Å². The molecule has 0 aliphatic carbocycles. The lowest BCUT2D eigenvalue weighted by molar-refractivity contribution is -0.143. The minimum atomic E-state index is -0.0767. The molecule has 2 atom stereocenters. The summed E-state index contributed by atoms with van der Waals surface area (Å²) >= 11 is 1.89. The Morgan fingerprint density at radius 1 is 1.53 bits per heavy atom. The fourth-order valence-corrected chi connectivity index (χ4v) is 4.24. The second-order valence-corrected chi connectivity index (χ2v) is 5.67. The molecule has 4 heteroatoms. The van der Waals surface area contributed by atoms with Crippen LogP contribution in [-0.4, -0.2) is 23.3 Å². The molecule has 0 radical (unpaired) electrons. The van der Waals surface area contributed by atoms with Crippen LogP contribution in [0.1, 0.15) is 32.6 Å². The van der Waals surface area contributed by atoms with E-state index in [1.807, 2.05) is 18.7 Å². The first-order valence-corrected chi connectivity index (χ1v) is 6.75. The van der Waals surface area contributed by atoms with Crippen molar-refractivity contribution >= 4 is 23.6 Å². The quantitative estimate of drug-likeness (QED) is 0.692. The molecule has 0 bridgehead atoms. The molecule has 1 N–H and O–H groups in total. The Morgan fingerprint density at radius 2 is 2.33 bits per heavy atom. The van der Waals surface area contributed by atoms with E-state index in [9.17, 15) is 9.59 Å². The number of piperidine rings is 1. The summed E-state index contributed by atoms with van der Waals surface area (Å²) in [5, 5.41) is 2.46. The second kappa shape index (κ2) is 4.16. The highest BCUT2D eigenvalue weighted by atomic mass is 32.2. The van der Waals surface area contributed by atoms with Crippen LogP contribution in [0.4, 0.5) is 0 Å². The van der Waals surface area contributed by atoms with Crippen molar-refractivity contribution in [1.82, 2.24) is 5.32 Å². The van der Waals surface area contributed by atoms with Gasteiger partial charge in [0, 0.05) is 18.1 Å². The summed E-state index contributed by atoms with van der Waals surface area (Å²) in [6, 6.07) is 0. The van der Waals surface area contributed by atoms with E-state index in [4.69, 9.17) is 0 Å². The Kier molecular flexibility index (Phi) is 3.05. The predicted octanol–water partition coefficient (Wildman–Crippen LogP) is 1.57. The van der Waals surface area contributed by atoms with E-state index in [-0.39, 0.29) is 23.1 Å². The summed E-state index contributed by atoms with van der Waals surface area (Å²) in [4.78, 5) is 23.2. The molecular weight excluding hydrogens is 210 g/mol. The van der Waals surface area contributed by atoms with Crippen LogP contribution in [0.5, 0.6) is 0 Å². The number of hydrogen-bond donors (Lipinski definition) is 1. The van der Waals surface area contributed by atoms with Gasteiger partial charge in [-0.3, -0.25) is 14.9 Å². The van der Waals surface area contributed by atoms with E-state index in [0.717, 1.165) is 25.0 Å². The molecule has 0 saturated carbocycles. The normalized spacial score (nSPS) is 36.7. The smallest absolute Gasteiger partial charge is 0.230 e. The molecule has 2 fully saturated rings. The fourth-order valence-electron chi connectivity index (χ4n) is 2.90. The van der Waals surface area contributed by atoms with Crippen molar-refractivity contribution in [3.8, 4) is 0 Å². The largest absolute Gasteiger partial charge is 0.296 e. The SMILES string of the molecule is CCC1C(=O)NC(=O)CC12CCCSC2. The summed E-state index contributed by atoms with van der Waals surface area (Å²) in [7, 11) is 0. The average molecular weight is 227 g/mol. The third-order valence-electron chi connectivity index (χ3n) is 3.59. The molecular formula is C11H17NO2S. The maximum Gasteiger partial charge on any atom is 0.230 e. The van der Waals surface area contributed by atoms with Gasteiger partial charge in [0.15, 0.2) is 0 Å². The van der Waals surface area contributed by atoms with Gasteiger partial charge in [0.2, 0.25) is 11.8 Å². The van der Waals surface area contributed by atoms with E-state index in [2.05, 4.69) is 5.32 Å². The van der Waals surface area contributed by atoms with Gasteiger partial charge in [-0.15, -0.1) is 0 Å². The molecule has 0 aromatic heterocycles. The first kappa shape index (κ1) is 11.0. The number of nitrogens with one attached hydrogen (secondary N) is 1. The minimum absolute atomic E-state index is 0.0307. The summed E-state index contributed by atoms with van der Waals surface area (Å²) in [5.74, 6) is 2.07. The number of imide groups is 1. The highest BCUT2D eigenvalue weighted by molar-refractivity contribution is 7.99. The van der Waals surface area contributed by atoms with Crippen LogP contribution in [0.15, 0.2) is 0 Å². The Hall–Kier alpha value is -0.510. The molecule has 0 aromatic rings. The van der Waals surface area contributed by atoms with Gasteiger partial charge < -0.3 is 0 Å². The molecule has 15 heavy (non-hydrogen) atoms. The number of thioether (sulfide) groups is 1. The Bertz CT molecular complexity index is 284. The van der Waals surface area contributed by atoms with Crippen LogP contribution in [0.2, 0.25) is 0 Å². The van der Waals surface area contributed by atoms with Gasteiger partial charge in [0.25, 0.3) is 0 Å². The average Bonchev–Trinajstić information content (AvgIpc) is 2.18. The zero-order valence-corrected chi connectivity index (χ0v) is 9.86. The van der Waals surface area contributed by atoms with Gasteiger partial charge >= 0.3 is 0 Å². The van der Waals surface area contributed by atoms with E-state index in [1.165, 1.54) is 5.75 Å². The number of carbonyl (C=O) groups is 2. The van der Waals surface area contributed by atoms with Crippen LogP contribution in [0.25, 0.3) is 0 Å². The minimum Gasteiger partial charge on any atom is -0.296 e. The van der Waals surface area contributed by atoms with Crippen LogP contribution < -0.4 is 5.32 Å². The lowest BCUT2D eigenvalue weighted by Gasteiger charge is -2.44. The monoisotopic (exact) mass is 227 g/mol. The van der Waals surface area contributed by atoms with Crippen LogP contribution in [0.3, 0.4) is 0 Å².